The lowest BCUT2D eigenvalue weighted by atomic mass is 10.2. The first-order valence-corrected chi connectivity index (χ1v) is 4.85. The summed E-state index contributed by atoms with van der Waals surface area (Å²) in [7, 11) is 0. The third kappa shape index (κ3) is 1.34. The molecule has 0 N–H and O–H groups in total. The van der Waals surface area contributed by atoms with Crippen LogP contribution in [0.4, 0.5) is 4.39 Å². The minimum atomic E-state index is -0.924. The van der Waals surface area contributed by atoms with Gasteiger partial charge in [-0.25, -0.2) is 4.39 Å². The fourth-order valence-corrected chi connectivity index (χ4v) is 1.81. The first kappa shape index (κ1) is 9.65. The van der Waals surface area contributed by atoms with Gasteiger partial charge in [-0.1, -0.05) is 0 Å². The van der Waals surface area contributed by atoms with Gasteiger partial charge in [0.05, 0.1) is 18.9 Å². The van der Waals surface area contributed by atoms with E-state index in [1.165, 1.54) is 0 Å². The van der Waals surface area contributed by atoms with Gasteiger partial charge in [0.25, 0.3) is 0 Å². The molecule has 1 aromatic rings. The molecule has 0 radical (unpaired) electrons. The third-order valence-corrected chi connectivity index (χ3v) is 2.98. The van der Waals surface area contributed by atoms with E-state index in [1.807, 2.05) is 20.8 Å². The molecular weight excluding hydrogens is 183 g/mol. The van der Waals surface area contributed by atoms with E-state index < -0.39 is 6.17 Å². The fraction of sp³-hybridized carbons (Fsp3) is 0.700. The van der Waals surface area contributed by atoms with Crippen molar-refractivity contribution >= 4 is 0 Å². The van der Waals surface area contributed by atoms with Gasteiger partial charge in [0.2, 0.25) is 0 Å². The molecule has 4 heteroatoms. The highest BCUT2D eigenvalue weighted by Gasteiger charge is 2.31. The molecule has 1 aromatic heterocycles. The third-order valence-electron chi connectivity index (χ3n) is 2.98. The van der Waals surface area contributed by atoms with Gasteiger partial charge in [-0.15, -0.1) is 0 Å². The van der Waals surface area contributed by atoms with Gasteiger partial charge in [0.1, 0.15) is 12.2 Å². The van der Waals surface area contributed by atoms with Crippen LogP contribution < -0.4 is 0 Å². The molecule has 2 heterocycles. The van der Waals surface area contributed by atoms with E-state index in [4.69, 9.17) is 4.74 Å². The van der Waals surface area contributed by atoms with E-state index in [0.717, 1.165) is 17.0 Å². The molecule has 1 aliphatic rings. The number of alkyl halides is 1. The van der Waals surface area contributed by atoms with Gasteiger partial charge in [0, 0.05) is 5.69 Å². The highest BCUT2D eigenvalue weighted by atomic mass is 19.1. The zero-order chi connectivity index (χ0) is 10.3. The van der Waals surface area contributed by atoms with Crippen LogP contribution in [0.25, 0.3) is 0 Å². The quantitative estimate of drug-likeness (QED) is 0.687. The number of ether oxygens (including phenoxy) is 1. The van der Waals surface area contributed by atoms with Crippen LogP contribution in [0.1, 0.15) is 23.0 Å². The van der Waals surface area contributed by atoms with Crippen molar-refractivity contribution in [2.45, 2.75) is 33.0 Å². The van der Waals surface area contributed by atoms with E-state index in [9.17, 15) is 4.39 Å². The van der Waals surface area contributed by atoms with Gasteiger partial charge in [-0.2, -0.15) is 5.10 Å². The SMILES string of the molecule is Cc1nn([C@@H]2COC[C@H]2F)c(C)c1C. The van der Waals surface area contributed by atoms with E-state index in [2.05, 4.69) is 5.10 Å². The second-order valence-corrected chi connectivity index (χ2v) is 3.86. The number of hydrogen-bond donors (Lipinski definition) is 0. The average Bonchev–Trinajstić information content (AvgIpc) is 2.66. The molecule has 78 valence electrons. The van der Waals surface area contributed by atoms with Crippen molar-refractivity contribution < 1.29 is 9.13 Å². The first-order chi connectivity index (χ1) is 6.61. The van der Waals surface area contributed by atoms with Gasteiger partial charge >= 0.3 is 0 Å². The molecule has 0 amide bonds. The van der Waals surface area contributed by atoms with Crippen LogP contribution >= 0.6 is 0 Å². The Labute approximate surface area is 82.9 Å². The van der Waals surface area contributed by atoms with Crippen LogP contribution in [-0.4, -0.2) is 29.2 Å². The van der Waals surface area contributed by atoms with Gasteiger partial charge < -0.3 is 4.74 Å². The van der Waals surface area contributed by atoms with E-state index in [-0.39, 0.29) is 12.6 Å². The van der Waals surface area contributed by atoms with Crippen LogP contribution in [0.3, 0.4) is 0 Å². The lowest BCUT2D eigenvalue weighted by Crippen LogP contribution is -2.21. The van der Waals surface area contributed by atoms with Crippen LogP contribution in [-0.2, 0) is 4.74 Å². The maximum atomic E-state index is 13.4. The van der Waals surface area contributed by atoms with Crippen LogP contribution in [0.15, 0.2) is 0 Å². The van der Waals surface area contributed by atoms with Crippen molar-refractivity contribution in [3.63, 3.8) is 0 Å². The number of aromatic nitrogens is 2. The summed E-state index contributed by atoms with van der Waals surface area (Å²) in [4.78, 5) is 0. The fourth-order valence-electron chi connectivity index (χ4n) is 1.81. The lowest BCUT2D eigenvalue weighted by molar-refractivity contribution is 0.172. The summed E-state index contributed by atoms with van der Waals surface area (Å²) in [5, 5.41) is 4.34. The van der Waals surface area contributed by atoms with Crippen molar-refractivity contribution in [2.24, 2.45) is 0 Å². The minimum absolute atomic E-state index is 0.196. The number of nitrogens with zero attached hydrogens (tertiary/aromatic N) is 2. The molecule has 1 fully saturated rings. The van der Waals surface area contributed by atoms with E-state index in [1.54, 1.807) is 4.68 Å². The summed E-state index contributed by atoms with van der Waals surface area (Å²) >= 11 is 0. The second kappa shape index (κ2) is 3.35. The Morgan fingerprint density at radius 1 is 1.36 bits per heavy atom. The van der Waals surface area contributed by atoms with Crippen molar-refractivity contribution in [2.75, 3.05) is 13.2 Å². The maximum Gasteiger partial charge on any atom is 0.148 e. The van der Waals surface area contributed by atoms with Gasteiger partial charge in [-0.05, 0) is 26.3 Å². The molecule has 2 atom stereocenters. The summed E-state index contributed by atoms with van der Waals surface area (Å²) in [6, 6.07) is -0.234. The average molecular weight is 198 g/mol. The van der Waals surface area contributed by atoms with Crippen molar-refractivity contribution in [1.82, 2.24) is 9.78 Å². The molecule has 1 aliphatic heterocycles. The predicted octanol–water partition coefficient (Wildman–Crippen LogP) is 1.72. The highest BCUT2D eigenvalue weighted by molar-refractivity contribution is 5.23. The van der Waals surface area contributed by atoms with Crippen molar-refractivity contribution in [1.29, 1.82) is 0 Å². The Balaban J connectivity index is 2.36. The van der Waals surface area contributed by atoms with Crippen LogP contribution in [0.5, 0.6) is 0 Å². The van der Waals surface area contributed by atoms with Crippen molar-refractivity contribution in [3.05, 3.63) is 17.0 Å². The minimum Gasteiger partial charge on any atom is -0.376 e. The zero-order valence-corrected chi connectivity index (χ0v) is 8.75. The van der Waals surface area contributed by atoms with E-state index in [0.29, 0.717) is 6.61 Å². The lowest BCUT2D eigenvalue weighted by Gasteiger charge is -2.13. The zero-order valence-electron chi connectivity index (χ0n) is 8.75. The summed E-state index contributed by atoms with van der Waals surface area (Å²) in [5.41, 5.74) is 3.16. The molecule has 0 bridgehead atoms. The van der Waals surface area contributed by atoms with Gasteiger partial charge in [0.15, 0.2) is 0 Å². The Bertz CT molecular complexity index is 348. The summed E-state index contributed by atoms with van der Waals surface area (Å²) < 4.78 is 20.3. The van der Waals surface area contributed by atoms with Crippen LogP contribution in [0, 0.1) is 20.8 Å². The normalized spacial score (nSPS) is 27.1. The predicted molar refractivity (Wildman–Crippen MR) is 51.2 cm³/mol. The molecule has 0 aromatic carbocycles. The standard InChI is InChI=1S/C10H15FN2O/c1-6-7(2)12-13(8(6)3)10-5-14-4-9(10)11/h9-10H,4-5H2,1-3H3/t9-,10-/m1/s1. The maximum absolute atomic E-state index is 13.4. The summed E-state index contributed by atoms with van der Waals surface area (Å²) in [6.07, 6.45) is -0.924. The summed E-state index contributed by atoms with van der Waals surface area (Å²) in [5.74, 6) is 0. The van der Waals surface area contributed by atoms with Crippen LogP contribution in [0.2, 0.25) is 0 Å². The number of aryl methyl sites for hydroxylation is 1. The highest BCUT2D eigenvalue weighted by Crippen LogP contribution is 2.25. The molecule has 1 saturated heterocycles. The van der Waals surface area contributed by atoms with E-state index >= 15 is 0 Å². The Morgan fingerprint density at radius 2 is 2.07 bits per heavy atom. The summed E-state index contributed by atoms with van der Waals surface area (Å²) in [6.45, 7) is 6.56. The molecule has 14 heavy (non-hydrogen) atoms. The second-order valence-electron chi connectivity index (χ2n) is 3.86. The Hall–Kier alpha value is -0.900. The Morgan fingerprint density at radius 3 is 2.50 bits per heavy atom. The Kier molecular flexibility index (Phi) is 2.31. The number of halogens is 1. The monoisotopic (exact) mass is 198 g/mol. The van der Waals surface area contributed by atoms with Crippen molar-refractivity contribution in [3.8, 4) is 0 Å². The first-order valence-electron chi connectivity index (χ1n) is 4.85. The molecule has 3 nitrogen and oxygen atoms in total. The molecule has 0 spiro atoms. The molecule has 0 saturated carbocycles. The largest absolute Gasteiger partial charge is 0.376 e. The van der Waals surface area contributed by atoms with Gasteiger partial charge in [-0.3, -0.25) is 4.68 Å². The molecule has 0 unspecified atom stereocenters. The topological polar surface area (TPSA) is 27.1 Å². The number of hydrogen-bond acceptors (Lipinski definition) is 2. The molecule has 0 aliphatic carbocycles. The smallest absolute Gasteiger partial charge is 0.148 e. The number of rotatable bonds is 1. The molecular formula is C10H15FN2O. The molecule has 2 rings (SSSR count).